The Morgan fingerprint density at radius 2 is 2.06 bits per heavy atom. The molecule has 1 rings (SSSR count). The van der Waals surface area contributed by atoms with Crippen molar-refractivity contribution < 1.29 is 4.74 Å². The summed E-state index contributed by atoms with van der Waals surface area (Å²) in [5.74, 6) is 0. The molecule has 1 heterocycles. The van der Waals surface area contributed by atoms with Gasteiger partial charge in [-0.05, 0) is 42.6 Å². The third-order valence-electron chi connectivity index (χ3n) is 2.88. The number of rotatable bonds is 6. The number of ether oxygens (including phenoxy) is 1. The first-order valence-electron chi connectivity index (χ1n) is 5.93. The maximum absolute atomic E-state index is 5.68. The molecule has 0 aromatic carbocycles. The highest BCUT2D eigenvalue weighted by molar-refractivity contribution is 9.10. The van der Waals surface area contributed by atoms with E-state index in [1.807, 2.05) is 10.9 Å². The molecule has 92 valence electrons. The molecule has 0 unspecified atom stereocenters. The van der Waals surface area contributed by atoms with Crippen LogP contribution in [-0.2, 0) is 11.3 Å². The number of halogens is 1. The van der Waals surface area contributed by atoms with Gasteiger partial charge in [-0.25, -0.2) is 0 Å². The summed E-state index contributed by atoms with van der Waals surface area (Å²) >= 11 is 3.52. The van der Waals surface area contributed by atoms with Crippen molar-refractivity contribution in [1.82, 2.24) is 9.78 Å². The average Bonchev–Trinajstić information content (AvgIpc) is 2.66. The SMILES string of the molecule is CC[C@@H](C)OCc1nn([C@H](C)CC)cc1Br. The minimum absolute atomic E-state index is 0.292. The van der Waals surface area contributed by atoms with Gasteiger partial charge in [-0.2, -0.15) is 5.10 Å². The van der Waals surface area contributed by atoms with Gasteiger partial charge in [0.05, 0.1) is 17.2 Å². The molecule has 0 saturated heterocycles. The molecule has 1 aromatic rings. The first-order valence-corrected chi connectivity index (χ1v) is 6.72. The van der Waals surface area contributed by atoms with Crippen LogP contribution < -0.4 is 0 Å². The summed E-state index contributed by atoms with van der Waals surface area (Å²) in [5.41, 5.74) is 0.987. The van der Waals surface area contributed by atoms with Crippen LogP contribution >= 0.6 is 15.9 Å². The van der Waals surface area contributed by atoms with Crippen molar-refractivity contribution in [3.05, 3.63) is 16.4 Å². The quantitative estimate of drug-likeness (QED) is 0.793. The van der Waals surface area contributed by atoms with Gasteiger partial charge in [0.15, 0.2) is 0 Å². The molecule has 0 amide bonds. The second-order valence-electron chi connectivity index (χ2n) is 4.19. The zero-order valence-corrected chi connectivity index (χ0v) is 12.1. The van der Waals surface area contributed by atoms with Crippen LogP contribution in [0.5, 0.6) is 0 Å². The Labute approximate surface area is 106 Å². The molecule has 0 spiro atoms. The van der Waals surface area contributed by atoms with E-state index in [2.05, 4.69) is 48.7 Å². The highest BCUT2D eigenvalue weighted by Crippen LogP contribution is 2.20. The minimum Gasteiger partial charge on any atom is -0.372 e. The van der Waals surface area contributed by atoms with E-state index in [1.165, 1.54) is 0 Å². The van der Waals surface area contributed by atoms with E-state index in [1.54, 1.807) is 0 Å². The van der Waals surface area contributed by atoms with Crippen molar-refractivity contribution in [3.63, 3.8) is 0 Å². The summed E-state index contributed by atoms with van der Waals surface area (Å²) in [5, 5.41) is 4.53. The lowest BCUT2D eigenvalue weighted by Crippen LogP contribution is -2.08. The molecule has 0 bridgehead atoms. The minimum atomic E-state index is 0.292. The Balaban J connectivity index is 2.63. The smallest absolute Gasteiger partial charge is 0.102 e. The monoisotopic (exact) mass is 288 g/mol. The largest absolute Gasteiger partial charge is 0.372 e. The first kappa shape index (κ1) is 13.7. The van der Waals surface area contributed by atoms with Crippen molar-refractivity contribution in [2.45, 2.75) is 59.3 Å². The van der Waals surface area contributed by atoms with Crippen LogP contribution in [0.2, 0.25) is 0 Å². The molecule has 0 saturated carbocycles. The zero-order valence-electron chi connectivity index (χ0n) is 10.5. The van der Waals surface area contributed by atoms with E-state index in [-0.39, 0.29) is 0 Å². The van der Waals surface area contributed by atoms with Crippen molar-refractivity contribution >= 4 is 15.9 Å². The number of aromatic nitrogens is 2. The molecular formula is C12H21BrN2O. The van der Waals surface area contributed by atoms with Gasteiger partial charge in [-0.1, -0.05) is 13.8 Å². The first-order chi connectivity index (χ1) is 7.58. The Hall–Kier alpha value is -0.350. The van der Waals surface area contributed by atoms with E-state index >= 15 is 0 Å². The van der Waals surface area contributed by atoms with Crippen molar-refractivity contribution in [2.24, 2.45) is 0 Å². The summed E-state index contributed by atoms with van der Waals surface area (Å²) in [6, 6.07) is 0.439. The predicted molar refractivity (Wildman–Crippen MR) is 69.5 cm³/mol. The maximum Gasteiger partial charge on any atom is 0.102 e. The van der Waals surface area contributed by atoms with Crippen LogP contribution in [0.15, 0.2) is 10.7 Å². The van der Waals surface area contributed by atoms with Gasteiger partial charge in [0.1, 0.15) is 5.69 Å². The standard InChI is InChI=1S/C12H21BrN2O/c1-5-9(3)15-7-11(13)12(14-15)8-16-10(4)6-2/h7,9-10H,5-6,8H2,1-4H3/t9-,10-/m1/s1. The molecule has 0 N–H and O–H groups in total. The topological polar surface area (TPSA) is 27.1 Å². The van der Waals surface area contributed by atoms with Gasteiger partial charge in [0.25, 0.3) is 0 Å². The Morgan fingerprint density at radius 1 is 1.38 bits per heavy atom. The highest BCUT2D eigenvalue weighted by Gasteiger charge is 2.11. The molecule has 3 nitrogen and oxygen atoms in total. The number of nitrogens with zero attached hydrogens (tertiary/aromatic N) is 2. The van der Waals surface area contributed by atoms with Gasteiger partial charge in [-0.3, -0.25) is 4.68 Å². The number of hydrogen-bond donors (Lipinski definition) is 0. The highest BCUT2D eigenvalue weighted by atomic mass is 79.9. The molecule has 1 aromatic heterocycles. The molecule has 0 fully saturated rings. The lowest BCUT2D eigenvalue weighted by Gasteiger charge is -2.10. The number of hydrogen-bond acceptors (Lipinski definition) is 2. The summed E-state index contributed by atoms with van der Waals surface area (Å²) in [4.78, 5) is 0. The summed E-state index contributed by atoms with van der Waals surface area (Å²) in [6.07, 6.45) is 4.44. The average molecular weight is 289 g/mol. The summed E-state index contributed by atoms with van der Waals surface area (Å²) < 4.78 is 8.72. The Bertz CT molecular complexity index is 325. The van der Waals surface area contributed by atoms with Crippen LogP contribution in [0.25, 0.3) is 0 Å². The van der Waals surface area contributed by atoms with Gasteiger partial charge in [0.2, 0.25) is 0 Å². The van der Waals surface area contributed by atoms with Crippen LogP contribution in [0.1, 0.15) is 52.3 Å². The van der Waals surface area contributed by atoms with Crippen molar-refractivity contribution in [3.8, 4) is 0 Å². The van der Waals surface area contributed by atoms with Crippen LogP contribution in [0, 0.1) is 0 Å². The third-order valence-corrected chi connectivity index (χ3v) is 3.54. The molecule has 0 aliphatic heterocycles. The van der Waals surface area contributed by atoms with E-state index in [0.717, 1.165) is 23.0 Å². The Morgan fingerprint density at radius 3 is 2.62 bits per heavy atom. The molecule has 4 heteroatoms. The molecule has 0 radical (unpaired) electrons. The lowest BCUT2D eigenvalue weighted by atomic mass is 10.3. The molecule has 2 atom stereocenters. The lowest BCUT2D eigenvalue weighted by molar-refractivity contribution is 0.0482. The fourth-order valence-corrected chi connectivity index (χ4v) is 1.66. The van der Waals surface area contributed by atoms with E-state index in [9.17, 15) is 0 Å². The van der Waals surface area contributed by atoms with E-state index in [4.69, 9.17) is 4.74 Å². The van der Waals surface area contributed by atoms with Gasteiger partial charge >= 0.3 is 0 Å². The molecule has 16 heavy (non-hydrogen) atoms. The van der Waals surface area contributed by atoms with E-state index < -0.39 is 0 Å². The normalized spacial score (nSPS) is 15.1. The summed E-state index contributed by atoms with van der Waals surface area (Å²) in [7, 11) is 0. The van der Waals surface area contributed by atoms with Crippen LogP contribution in [0.4, 0.5) is 0 Å². The second-order valence-corrected chi connectivity index (χ2v) is 5.05. The van der Waals surface area contributed by atoms with Gasteiger partial charge < -0.3 is 4.74 Å². The van der Waals surface area contributed by atoms with Gasteiger partial charge in [-0.15, -0.1) is 0 Å². The van der Waals surface area contributed by atoms with E-state index in [0.29, 0.717) is 18.8 Å². The van der Waals surface area contributed by atoms with Crippen molar-refractivity contribution in [1.29, 1.82) is 0 Å². The second kappa shape index (κ2) is 6.40. The van der Waals surface area contributed by atoms with Gasteiger partial charge in [0, 0.05) is 12.2 Å². The zero-order chi connectivity index (χ0) is 12.1. The maximum atomic E-state index is 5.68. The third kappa shape index (κ3) is 3.59. The predicted octanol–water partition coefficient (Wildman–Crippen LogP) is 3.93. The van der Waals surface area contributed by atoms with Crippen LogP contribution in [0.3, 0.4) is 0 Å². The fraction of sp³-hybridized carbons (Fsp3) is 0.750. The van der Waals surface area contributed by atoms with Crippen LogP contribution in [-0.4, -0.2) is 15.9 Å². The van der Waals surface area contributed by atoms with Crippen molar-refractivity contribution in [2.75, 3.05) is 0 Å². The molecule has 0 aliphatic rings. The fourth-order valence-electron chi connectivity index (χ4n) is 1.26. The molecular weight excluding hydrogens is 268 g/mol. The molecule has 0 aliphatic carbocycles. The summed E-state index contributed by atoms with van der Waals surface area (Å²) in [6.45, 7) is 9.12. The Kier molecular flexibility index (Phi) is 5.49.